The highest BCUT2D eigenvalue weighted by molar-refractivity contribution is 5.71. The van der Waals surface area contributed by atoms with E-state index in [1.165, 1.54) is 6.92 Å². The summed E-state index contributed by atoms with van der Waals surface area (Å²) in [4.78, 5) is 10.6. The Labute approximate surface area is 97.6 Å². The summed E-state index contributed by atoms with van der Waals surface area (Å²) in [6.07, 6.45) is -6.11. The number of nitrogens with two attached hydrogens (primary N) is 1. The van der Waals surface area contributed by atoms with Gasteiger partial charge in [-0.1, -0.05) is 0 Å². The Bertz CT molecular complexity index is 274. The number of aliphatic hydroxyl groups excluding tert-OH is 3. The van der Waals surface area contributed by atoms with E-state index >= 15 is 0 Å². The van der Waals surface area contributed by atoms with Crippen molar-refractivity contribution >= 4 is 5.97 Å². The van der Waals surface area contributed by atoms with E-state index in [-0.39, 0.29) is 0 Å². The number of aliphatic carboxylic acids is 1. The SMILES string of the molecule is C[C@H](O[C@@H]1[C@H](N)[C@H](O)O[C@H](CO)[C@H]1O)C(=O)O. The summed E-state index contributed by atoms with van der Waals surface area (Å²) in [5.41, 5.74) is 5.54. The van der Waals surface area contributed by atoms with Gasteiger partial charge in [-0.15, -0.1) is 0 Å². The van der Waals surface area contributed by atoms with E-state index in [0.29, 0.717) is 0 Å². The van der Waals surface area contributed by atoms with E-state index in [4.69, 9.17) is 25.4 Å². The van der Waals surface area contributed by atoms with Crippen LogP contribution >= 0.6 is 0 Å². The summed E-state index contributed by atoms with van der Waals surface area (Å²) in [6, 6.07) is -1.09. The van der Waals surface area contributed by atoms with Gasteiger partial charge in [0.15, 0.2) is 12.4 Å². The number of aliphatic hydroxyl groups is 3. The predicted molar refractivity (Wildman–Crippen MR) is 53.9 cm³/mol. The van der Waals surface area contributed by atoms with Crippen LogP contribution in [0.5, 0.6) is 0 Å². The molecule has 1 saturated heterocycles. The molecule has 0 saturated carbocycles. The Kier molecular flexibility index (Phi) is 4.80. The summed E-state index contributed by atoms with van der Waals surface area (Å²) in [7, 11) is 0. The second-order valence-electron chi connectivity index (χ2n) is 3.90. The van der Waals surface area contributed by atoms with Gasteiger partial charge in [-0.25, -0.2) is 4.79 Å². The third kappa shape index (κ3) is 3.12. The van der Waals surface area contributed by atoms with Crippen molar-refractivity contribution < 1.29 is 34.7 Å². The van der Waals surface area contributed by atoms with E-state index in [9.17, 15) is 15.0 Å². The molecule has 0 aromatic heterocycles. The second-order valence-corrected chi connectivity index (χ2v) is 3.90. The normalized spacial score (nSPS) is 39.9. The minimum atomic E-state index is -1.43. The van der Waals surface area contributed by atoms with E-state index in [0.717, 1.165) is 0 Å². The summed E-state index contributed by atoms with van der Waals surface area (Å²) in [5, 5.41) is 36.8. The first-order chi connectivity index (χ1) is 7.88. The number of carboxylic acids is 1. The molecule has 8 heteroatoms. The van der Waals surface area contributed by atoms with Gasteiger partial charge in [0.1, 0.15) is 18.3 Å². The van der Waals surface area contributed by atoms with E-state index < -0.39 is 49.3 Å². The van der Waals surface area contributed by atoms with Crippen molar-refractivity contribution in [3.8, 4) is 0 Å². The molecule has 0 aromatic carbocycles. The van der Waals surface area contributed by atoms with Crippen LogP contribution in [0.4, 0.5) is 0 Å². The predicted octanol–water partition coefficient (Wildman–Crippen LogP) is -2.76. The van der Waals surface area contributed by atoms with Gasteiger partial charge in [0.05, 0.1) is 12.6 Å². The Morgan fingerprint density at radius 1 is 1.53 bits per heavy atom. The first-order valence-corrected chi connectivity index (χ1v) is 5.14. The maximum atomic E-state index is 10.6. The molecule has 100 valence electrons. The molecule has 0 unspecified atom stereocenters. The zero-order valence-electron chi connectivity index (χ0n) is 9.26. The van der Waals surface area contributed by atoms with Crippen molar-refractivity contribution in [3.63, 3.8) is 0 Å². The third-order valence-electron chi connectivity index (χ3n) is 2.63. The van der Waals surface area contributed by atoms with Crippen LogP contribution in [0.1, 0.15) is 6.92 Å². The fourth-order valence-corrected chi connectivity index (χ4v) is 1.57. The Balaban J connectivity index is 2.74. The molecule has 0 aromatic rings. The first-order valence-electron chi connectivity index (χ1n) is 5.14. The number of rotatable bonds is 4. The van der Waals surface area contributed by atoms with Crippen LogP contribution in [0, 0.1) is 0 Å². The summed E-state index contributed by atoms with van der Waals surface area (Å²) < 4.78 is 9.89. The molecule has 1 rings (SSSR count). The number of hydrogen-bond donors (Lipinski definition) is 5. The molecular formula is C9H17NO7. The summed E-state index contributed by atoms with van der Waals surface area (Å²) in [6.45, 7) is 0.740. The number of ether oxygens (including phenoxy) is 2. The van der Waals surface area contributed by atoms with Gasteiger partial charge >= 0.3 is 5.97 Å². The van der Waals surface area contributed by atoms with Crippen molar-refractivity contribution in [2.75, 3.05) is 6.61 Å². The number of hydrogen-bond acceptors (Lipinski definition) is 7. The number of carboxylic acid groups (broad SMARTS) is 1. The van der Waals surface area contributed by atoms with Gasteiger partial charge in [0, 0.05) is 0 Å². The van der Waals surface area contributed by atoms with E-state index in [1.54, 1.807) is 0 Å². The first kappa shape index (κ1) is 14.3. The quantitative estimate of drug-likeness (QED) is 0.361. The van der Waals surface area contributed by atoms with Gasteiger partial charge in [0.2, 0.25) is 0 Å². The highest BCUT2D eigenvalue weighted by Gasteiger charge is 2.44. The van der Waals surface area contributed by atoms with Crippen LogP contribution in [-0.2, 0) is 14.3 Å². The van der Waals surface area contributed by atoms with Crippen molar-refractivity contribution in [1.82, 2.24) is 0 Å². The molecule has 0 amide bonds. The van der Waals surface area contributed by atoms with Gasteiger partial charge in [-0.3, -0.25) is 0 Å². The van der Waals surface area contributed by atoms with Crippen molar-refractivity contribution in [2.24, 2.45) is 5.73 Å². The van der Waals surface area contributed by atoms with Crippen LogP contribution in [0.3, 0.4) is 0 Å². The summed E-state index contributed by atoms with van der Waals surface area (Å²) >= 11 is 0. The maximum Gasteiger partial charge on any atom is 0.332 e. The molecule has 0 radical (unpaired) electrons. The smallest absolute Gasteiger partial charge is 0.332 e. The lowest BCUT2D eigenvalue weighted by Crippen LogP contribution is -2.63. The lowest BCUT2D eigenvalue weighted by molar-refractivity contribution is -0.262. The Morgan fingerprint density at radius 3 is 2.59 bits per heavy atom. The fourth-order valence-electron chi connectivity index (χ4n) is 1.57. The molecule has 17 heavy (non-hydrogen) atoms. The summed E-state index contributed by atoms with van der Waals surface area (Å²) in [5.74, 6) is -1.22. The van der Waals surface area contributed by atoms with E-state index in [1.807, 2.05) is 0 Å². The van der Waals surface area contributed by atoms with E-state index in [2.05, 4.69) is 0 Å². The van der Waals surface area contributed by atoms with Crippen LogP contribution in [0.2, 0.25) is 0 Å². The molecule has 1 aliphatic heterocycles. The minimum Gasteiger partial charge on any atom is -0.479 e. The van der Waals surface area contributed by atoms with Crippen LogP contribution in [0.25, 0.3) is 0 Å². The van der Waals surface area contributed by atoms with Crippen molar-refractivity contribution in [1.29, 1.82) is 0 Å². The largest absolute Gasteiger partial charge is 0.479 e. The molecule has 0 spiro atoms. The second kappa shape index (κ2) is 5.71. The molecule has 1 fully saturated rings. The van der Waals surface area contributed by atoms with Gasteiger partial charge < -0.3 is 35.6 Å². The highest BCUT2D eigenvalue weighted by Crippen LogP contribution is 2.22. The topological polar surface area (TPSA) is 142 Å². The number of carbonyl (C=O) groups is 1. The zero-order chi connectivity index (χ0) is 13.2. The molecule has 1 heterocycles. The monoisotopic (exact) mass is 251 g/mol. The van der Waals surface area contributed by atoms with Gasteiger partial charge in [-0.2, -0.15) is 0 Å². The van der Waals surface area contributed by atoms with Gasteiger partial charge in [-0.05, 0) is 6.92 Å². The lowest BCUT2D eigenvalue weighted by Gasteiger charge is -2.41. The van der Waals surface area contributed by atoms with Gasteiger partial charge in [0.25, 0.3) is 0 Å². The molecule has 8 nitrogen and oxygen atoms in total. The van der Waals surface area contributed by atoms with Crippen LogP contribution in [-0.4, -0.2) is 69.8 Å². The molecule has 0 bridgehead atoms. The zero-order valence-corrected chi connectivity index (χ0v) is 9.26. The lowest BCUT2D eigenvalue weighted by atomic mass is 9.97. The average Bonchev–Trinajstić information content (AvgIpc) is 2.28. The van der Waals surface area contributed by atoms with Crippen LogP contribution in [0.15, 0.2) is 0 Å². The molecule has 6 atom stereocenters. The Morgan fingerprint density at radius 2 is 2.12 bits per heavy atom. The molecule has 6 N–H and O–H groups in total. The Hall–Kier alpha value is -0.770. The maximum absolute atomic E-state index is 10.6. The molecule has 1 aliphatic rings. The van der Waals surface area contributed by atoms with Crippen molar-refractivity contribution in [2.45, 2.75) is 43.7 Å². The molecule has 0 aliphatic carbocycles. The van der Waals surface area contributed by atoms with Crippen molar-refractivity contribution in [3.05, 3.63) is 0 Å². The molecular weight excluding hydrogens is 234 g/mol. The third-order valence-corrected chi connectivity index (χ3v) is 2.63. The van der Waals surface area contributed by atoms with Crippen LogP contribution < -0.4 is 5.73 Å². The highest BCUT2D eigenvalue weighted by atomic mass is 16.6. The fraction of sp³-hybridized carbons (Fsp3) is 0.889. The minimum absolute atomic E-state index is 0.535. The standard InChI is InChI=1S/C9H17NO7/c1-3(8(13)14)16-7-5(10)9(15)17-4(2-11)6(7)12/h3-7,9,11-12,15H,2,10H2,1H3,(H,13,14)/t3-,4+,5-,6+,7+,9+/m0/s1. The average molecular weight is 251 g/mol.